The third kappa shape index (κ3) is 1.98. The topological polar surface area (TPSA) is 81.5 Å². The van der Waals surface area contributed by atoms with Crippen molar-refractivity contribution < 1.29 is 4.79 Å². The number of hydrogen-bond donors (Lipinski definition) is 2. The van der Waals surface area contributed by atoms with Crippen LogP contribution in [0, 0.1) is 5.92 Å². The van der Waals surface area contributed by atoms with Crippen molar-refractivity contribution >= 4 is 12.1 Å². The van der Waals surface area contributed by atoms with Gasteiger partial charge in [-0.15, -0.1) is 0 Å². The van der Waals surface area contributed by atoms with E-state index in [-0.39, 0.29) is 17.7 Å². The van der Waals surface area contributed by atoms with Crippen LogP contribution in [-0.4, -0.2) is 12.1 Å². The molecule has 1 aliphatic rings. The Hall–Kier alpha value is -1.84. The summed E-state index contributed by atoms with van der Waals surface area (Å²) in [6, 6.07) is 7.84. The molecule has 0 aromatic heterocycles. The maximum Gasteiger partial charge on any atom is 0.221 e. The number of rotatable bonds is 3. The smallest absolute Gasteiger partial charge is 0.221 e. The van der Waals surface area contributed by atoms with Gasteiger partial charge in [0.05, 0.1) is 6.21 Å². The first kappa shape index (κ1) is 9.71. The van der Waals surface area contributed by atoms with E-state index in [0.29, 0.717) is 0 Å². The second-order valence-corrected chi connectivity index (χ2v) is 3.80. The average Bonchev–Trinajstić information content (AvgIpc) is 2.98. The highest BCUT2D eigenvalue weighted by Crippen LogP contribution is 2.47. The number of hydrazone groups is 1. The normalized spacial score (nSPS) is 24.3. The minimum Gasteiger partial charge on any atom is -0.369 e. The Morgan fingerprint density at radius 2 is 2.33 bits per heavy atom. The van der Waals surface area contributed by atoms with Crippen molar-refractivity contribution in [1.82, 2.24) is 0 Å². The SMILES string of the molecule is NN=Cc1cccc([C@@H]2C[C@H]2C(N)=O)c1. The molecule has 4 N–H and O–H groups in total. The third-order valence-electron chi connectivity index (χ3n) is 2.72. The van der Waals surface area contributed by atoms with Crippen LogP contribution in [-0.2, 0) is 4.79 Å². The molecule has 0 aliphatic heterocycles. The molecule has 2 rings (SSSR count). The molecule has 1 aliphatic carbocycles. The number of nitrogens with zero attached hydrogens (tertiary/aromatic N) is 1. The zero-order valence-corrected chi connectivity index (χ0v) is 8.26. The number of hydrogen-bond acceptors (Lipinski definition) is 3. The molecule has 15 heavy (non-hydrogen) atoms. The lowest BCUT2D eigenvalue weighted by Crippen LogP contribution is -2.13. The van der Waals surface area contributed by atoms with Crippen LogP contribution in [0.2, 0.25) is 0 Å². The van der Waals surface area contributed by atoms with Gasteiger partial charge in [0.1, 0.15) is 0 Å². The monoisotopic (exact) mass is 203 g/mol. The van der Waals surface area contributed by atoms with Crippen LogP contribution < -0.4 is 11.6 Å². The fourth-order valence-electron chi connectivity index (χ4n) is 1.83. The molecule has 1 amide bonds. The zero-order valence-electron chi connectivity index (χ0n) is 8.26. The third-order valence-corrected chi connectivity index (χ3v) is 2.72. The Labute approximate surface area is 88.0 Å². The van der Waals surface area contributed by atoms with Crippen molar-refractivity contribution in [2.24, 2.45) is 22.6 Å². The summed E-state index contributed by atoms with van der Waals surface area (Å²) in [5.74, 6) is 5.16. The highest BCUT2D eigenvalue weighted by molar-refractivity contribution is 5.82. The van der Waals surface area contributed by atoms with Crippen LogP contribution >= 0.6 is 0 Å². The number of carbonyl (C=O) groups excluding carboxylic acids is 1. The lowest BCUT2D eigenvalue weighted by atomic mass is 10.1. The Balaban J connectivity index is 2.17. The minimum atomic E-state index is -0.210. The maximum absolute atomic E-state index is 10.9. The van der Waals surface area contributed by atoms with Crippen LogP contribution in [0.3, 0.4) is 0 Å². The Morgan fingerprint density at radius 1 is 1.53 bits per heavy atom. The van der Waals surface area contributed by atoms with Gasteiger partial charge in [0.25, 0.3) is 0 Å². The number of amides is 1. The molecule has 0 unspecified atom stereocenters. The Kier molecular flexibility index (Phi) is 2.41. The summed E-state index contributed by atoms with van der Waals surface area (Å²) in [4.78, 5) is 10.9. The largest absolute Gasteiger partial charge is 0.369 e. The van der Waals surface area contributed by atoms with Crippen LogP contribution in [0.25, 0.3) is 0 Å². The minimum absolute atomic E-state index is 0.00932. The molecule has 4 nitrogen and oxygen atoms in total. The quantitative estimate of drug-likeness (QED) is 0.427. The van der Waals surface area contributed by atoms with Gasteiger partial charge in [-0.1, -0.05) is 18.2 Å². The molecule has 1 fully saturated rings. The molecule has 1 aromatic carbocycles. The van der Waals surface area contributed by atoms with Gasteiger partial charge >= 0.3 is 0 Å². The molecular weight excluding hydrogens is 190 g/mol. The van der Waals surface area contributed by atoms with Gasteiger partial charge in [0.15, 0.2) is 0 Å². The van der Waals surface area contributed by atoms with Gasteiger partial charge in [0.2, 0.25) is 5.91 Å². The summed E-state index contributed by atoms with van der Waals surface area (Å²) in [7, 11) is 0. The van der Waals surface area contributed by atoms with Crippen LogP contribution in [0.5, 0.6) is 0 Å². The highest BCUT2D eigenvalue weighted by Gasteiger charge is 2.42. The van der Waals surface area contributed by atoms with Gasteiger partial charge < -0.3 is 11.6 Å². The highest BCUT2D eigenvalue weighted by atomic mass is 16.1. The molecule has 4 heteroatoms. The summed E-state index contributed by atoms with van der Waals surface area (Å²) in [6.07, 6.45) is 2.45. The van der Waals surface area contributed by atoms with E-state index in [2.05, 4.69) is 5.10 Å². The fraction of sp³-hybridized carbons (Fsp3) is 0.273. The number of primary amides is 1. The van der Waals surface area contributed by atoms with Crippen LogP contribution in [0.1, 0.15) is 23.5 Å². The molecule has 2 atom stereocenters. The first-order valence-electron chi connectivity index (χ1n) is 4.85. The first-order valence-corrected chi connectivity index (χ1v) is 4.85. The first-order chi connectivity index (χ1) is 7.22. The van der Waals surface area contributed by atoms with Crippen molar-refractivity contribution in [3.63, 3.8) is 0 Å². The van der Waals surface area contributed by atoms with E-state index in [4.69, 9.17) is 11.6 Å². The second-order valence-electron chi connectivity index (χ2n) is 3.80. The van der Waals surface area contributed by atoms with Gasteiger partial charge in [-0.2, -0.15) is 5.10 Å². The van der Waals surface area contributed by atoms with Gasteiger partial charge in [-0.25, -0.2) is 0 Å². The average molecular weight is 203 g/mol. The predicted molar refractivity (Wildman–Crippen MR) is 58.3 cm³/mol. The molecular formula is C11H13N3O. The molecule has 78 valence electrons. The van der Waals surface area contributed by atoms with Crippen molar-refractivity contribution in [3.05, 3.63) is 35.4 Å². The number of carbonyl (C=O) groups is 1. The van der Waals surface area contributed by atoms with Crippen molar-refractivity contribution in [1.29, 1.82) is 0 Å². The Morgan fingerprint density at radius 3 is 2.93 bits per heavy atom. The predicted octanol–water partition coefficient (Wildman–Crippen LogP) is 0.568. The van der Waals surface area contributed by atoms with Gasteiger partial charge in [-0.05, 0) is 29.5 Å². The summed E-state index contributed by atoms with van der Waals surface area (Å²) in [5.41, 5.74) is 7.32. The van der Waals surface area contributed by atoms with E-state index in [1.807, 2.05) is 24.3 Å². The molecule has 1 aromatic rings. The van der Waals surface area contributed by atoms with Crippen LogP contribution in [0.15, 0.2) is 29.4 Å². The van der Waals surface area contributed by atoms with Crippen molar-refractivity contribution in [2.75, 3.05) is 0 Å². The van der Waals surface area contributed by atoms with E-state index in [1.165, 1.54) is 0 Å². The summed E-state index contributed by atoms with van der Waals surface area (Å²) >= 11 is 0. The molecule has 0 heterocycles. The molecule has 0 spiro atoms. The van der Waals surface area contributed by atoms with E-state index >= 15 is 0 Å². The van der Waals surface area contributed by atoms with Crippen molar-refractivity contribution in [2.45, 2.75) is 12.3 Å². The molecule has 0 radical (unpaired) electrons. The lowest BCUT2D eigenvalue weighted by molar-refractivity contribution is -0.119. The van der Waals surface area contributed by atoms with Gasteiger partial charge in [-0.3, -0.25) is 4.79 Å². The fourth-order valence-corrected chi connectivity index (χ4v) is 1.83. The molecule has 0 saturated heterocycles. The summed E-state index contributed by atoms with van der Waals surface area (Å²) < 4.78 is 0. The molecule has 1 saturated carbocycles. The zero-order chi connectivity index (χ0) is 10.8. The van der Waals surface area contributed by atoms with Crippen LogP contribution in [0.4, 0.5) is 0 Å². The Bertz CT molecular complexity index is 414. The standard InChI is InChI=1S/C11H13N3O/c12-11(15)10-5-9(10)8-3-1-2-7(4-8)6-14-13/h1-4,6,9-10H,5,13H2,(H2,12,15)/t9-,10+/m0/s1. The van der Waals surface area contributed by atoms with Crippen molar-refractivity contribution in [3.8, 4) is 0 Å². The summed E-state index contributed by atoms with van der Waals surface area (Å²) in [5, 5.41) is 3.46. The van der Waals surface area contributed by atoms with E-state index in [1.54, 1.807) is 6.21 Å². The lowest BCUT2D eigenvalue weighted by Gasteiger charge is -2.00. The van der Waals surface area contributed by atoms with E-state index in [0.717, 1.165) is 17.5 Å². The summed E-state index contributed by atoms with van der Waals surface area (Å²) in [6.45, 7) is 0. The van der Waals surface area contributed by atoms with E-state index in [9.17, 15) is 4.79 Å². The molecule has 0 bridgehead atoms. The maximum atomic E-state index is 10.9. The van der Waals surface area contributed by atoms with E-state index < -0.39 is 0 Å². The number of benzene rings is 1. The van der Waals surface area contributed by atoms with Gasteiger partial charge in [0, 0.05) is 5.92 Å². The second kappa shape index (κ2) is 3.73. The number of nitrogens with two attached hydrogens (primary N) is 2.